The Morgan fingerprint density at radius 3 is 2.45 bits per heavy atom. The molecule has 1 unspecified atom stereocenters. The lowest BCUT2D eigenvalue weighted by Crippen LogP contribution is -2.62. The highest BCUT2D eigenvalue weighted by molar-refractivity contribution is 5.85. The van der Waals surface area contributed by atoms with Crippen molar-refractivity contribution in [2.45, 2.75) is 153 Å². The average molecular weight is 907 g/mol. The van der Waals surface area contributed by atoms with Gasteiger partial charge in [-0.05, 0) is 65.8 Å². The van der Waals surface area contributed by atoms with E-state index in [0.29, 0.717) is 32.3 Å². The zero-order valence-corrected chi connectivity index (χ0v) is 38.5. The minimum Gasteiger partial charge on any atom is -0.493 e. The third-order valence-corrected chi connectivity index (χ3v) is 12.0. The van der Waals surface area contributed by atoms with Crippen molar-refractivity contribution in [2.75, 3.05) is 33.5 Å². The van der Waals surface area contributed by atoms with E-state index in [4.69, 9.17) is 37.9 Å². The standard InChI is InChI=1S/C51H70O14/c1-6-7-8-9-10-17-45(54)64-49-39(30-46(55)58-5)29-43-32-44(34-52)61-35(2)27-40(53)21-25-59-26-22-41-31-42(63-48(62-41)20-23-50(3,4)51(49,57)65-43)33-47(56)60-24-13-14-36-18-19-37-15-11-12-16-38(37)28-36/h11-16,18-20,23,28,30,40-44,48-49,52-53,57H,2,6-10,17,21-22,24-27,29,31-34H2,1,3-5H3/b14-13+,23-20+,39-30+/t40-,41-,42-,43?,44-,48-,49+,51-/m1/s1. The molecular formula is C51H70O14. The third kappa shape index (κ3) is 15.9. The number of ether oxygens (including phenoxy) is 8. The molecule has 8 atom stereocenters. The number of methoxy groups -OCH3 is 1. The van der Waals surface area contributed by atoms with Gasteiger partial charge in [-0.25, -0.2) is 4.79 Å². The first-order valence-electron chi connectivity index (χ1n) is 23.1. The molecule has 14 nitrogen and oxygen atoms in total. The van der Waals surface area contributed by atoms with Crippen molar-refractivity contribution < 1.29 is 67.6 Å². The maximum absolute atomic E-state index is 13.5. The van der Waals surface area contributed by atoms with Crippen LogP contribution in [0.25, 0.3) is 16.8 Å². The quantitative estimate of drug-likeness (QED) is 0.0555. The van der Waals surface area contributed by atoms with Crippen LogP contribution in [0.3, 0.4) is 0 Å². The molecule has 0 spiro atoms. The summed E-state index contributed by atoms with van der Waals surface area (Å²) in [6, 6.07) is 14.2. The second-order valence-electron chi connectivity index (χ2n) is 17.8. The first-order valence-corrected chi connectivity index (χ1v) is 23.1. The van der Waals surface area contributed by atoms with Crippen LogP contribution >= 0.6 is 0 Å². The lowest BCUT2D eigenvalue weighted by molar-refractivity contribution is -0.327. The van der Waals surface area contributed by atoms with E-state index in [1.54, 1.807) is 32.1 Å². The van der Waals surface area contributed by atoms with E-state index >= 15 is 0 Å². The second-order valence-corrected chi connectivity index (χ2v) is 17.8. The molecule has 65 heavy (non-hydrogen) atoms. The summed E-state index contributed by atoms with van der Waals surface area (Å²) >= 11 is 0. The van der Waals surface area contributed by atoms with Crippen molar-refractivity contribution in [3.05, 3.63) is 90.2 Å². The van der Waals surface area contributed by atoms with Crippen LogP contribution in [0, 0.1) is 5.41 Å². The number of aliphatic hydroxyl groups excluding tert-OH is 2. The molecule has 3 N–H and O–H groups in total. The van der Waals surface area contributed by atoms with Crippen LogP contribution in [-0.4, -0.2) is 115 Å². The summed E-state index contributed by atoms with van der Waals surface area (Å²) in [5.74, 6) is -3.80. The molecule has 14 heteroatoms. The number of carbonyl (C=O) groups excluding carboxylic acids is 3. The summed E-state index contributed by atoms with van der Waals surface area (Å²) in [4.78, 5) is 39.5. The number of hydrogen-bond acceptors (Lipinski definition) is 14. The van der Waals surface area contributed by atoms with Crippen LogP contribution in [0.15, 0.2) is 84.7 Å². The Morgan fingerprint density at radius 1 is 0.923 bits per heavy atom. The fourth-order valence-corrected chi connectivity index (χ4v) is 8.35. The lowest BCUT2D eigenvalue weighted by atomic mass is 9.74. The first kappa shape index (κ1) is 51.6. The van der Waals surface area contributed by atoms with E-state index in [2.05, 4.69) is 25.6 Å². The Labute approximate surface area is 383 Å². The molecule has 0 radical (unpaired) electrons. The molecule has 358 valence electrons. The van der Waals surface area contributed by atoms with E-state index < -0.39 is 78.6 Å². The number of hydrogen-bond donors (Lipinski definition) is 3. The lowest BCUT2D eigenvalue weighted by Gasteiger charge is -2.51. The molecule has 3 aliphatic rings. The number of rotatable bonds is 14. The van der Waals surface area contributed by atoms with Crippen molar-refractivity contribution in [3.63, 3.8) is 0 Å². The summed E-state index contributed by atoms with van der Waals surface area (Å²) in [5.41, 5.74) is -0.148. The van der Waals surface area contributed by atoms with Gasteiger partial charge in [-0.15, -0.1) is 0 Å². The number of fused-ring (bicyclic) bond motifs is 5. The van der Waals surface area contributed by atoms with Crippen molar-refractivity contribution in [1.29, 1.82) is 0 Å². The number of unbranched alkanes of at least 4 members (excludes halogenated alkanes) is 4. The number of benzene rings is 2. The van der Waals surface area contributed by atoms with Crippen molar-refractivity contribution in [2.24, 2.45) is 5.41 Å². The van der Waals surface area contributed by atoms with Gasteiger partial charge in [0.1, 0.15) is 12.7 Å². The molecule has 3 aliphatic heterocycles. The maximum Gasteiger partial charge on any atom is 0.330 e. The van der Waals surface area contributed by atoms with Crippen LogP contribution in [0.4, 0.5) is 0 Å². The summed E-state index contributed by atoms with van der Waals surface area (Å²) in [6.45, 7) is 9.64. The predicted molar refractivity (Wildman–Crippen MR) is 244 cm³/mol. The van der Waals surface area contributed by atoms with Crippen LogP contribution in [0.2, 0.25) is 0 Å². The number of esters is 3. The summed E-state index contributed by atoms with van der Waals surface area (Å²) < 4.78 is 47.8. The van der Waals surface area contributed by atoms with Crippen LogP contribution in [-0.2, 0) is 52.3 Å². The number of aliphatic hydroxyl groups is 3. The molecule has 2 aromatic carbocycles. The van der Waals surface area contributed by atoms with Gasteiger partial charge in [0.15, 0.2) is 12.4 Å². The molecule has 0 aliphatic carbocycles. The van der Waals surface area contributed by atoms with Gasteiger partial charge in [0.05, 0.1) is 50.3 Å². The molecule has 2 aromatic rings. The summed E-state index contributed by atoms with van der Waals surface area (Å²) in [6.07, 6.45) is 7.94. The maximum atomic E-state index is 13.5. The summed E-state index contributed by atoms with van der Waals surface area (Å²) in [7, 11) is 1.22. The molecule has 0 amide bonds. The van der Waals surface area contributed by atoms with E-state index in [9.17, 15) is 29.7 Å². The Bertz CT molecular complexity index is 1950. The van der Waals surface area contributed by atoms with Crippen molar-refractivity contribution in [1.82, 2.24) is 0 Å². The molecule has 2 saturated heterocycles. The second kappa shape index (κ2) is 25.5. The molecule has 3 heterocycles. The topological polar surface area (TPSA) is 186 Å². The van der Waals surface area contributed by atoms with E-state index in [1.807, 2.05) is 36.4 Å². The largest absolute Gasteiger partial charge is 0.493 e. The average Bonchev–Trinajstić information content (AvgIpc) is 3.27. The normalized spacial score (nSPS) is 29.1. The first-order chi connectivity index (χ1) is 31.2. The van der Waals surface area contributed by atoms with Gasteiger partial charge in [-0.2, -0.15) is 0 Å². The van der Waals surface area contributed by atoms with E-state index in [0.717, 1.165) is 42.0 Å². The monoisotopic (exact) mass is 906 g/mol. The Hall–Kier alpha value is -4.41. The smallest absolute Gasteiger partial charge is 0.330 e. The van der Waals surface area contributed by atoms with Crippen LogP contribution in [0.1, 0.15) is 110 Å². The van der Waals surface area contributed by atoms with Crippen molar-refractivity contribution >= 4 is 34.8 Å². The van der Waals surface area contributed by atoms with Gasteiger partial charge >= 0.3 is 17.9 Å². The fourth-order valence-electron chi connectivity index (χ4n) is 8.35. The Balaban J connectivity index is 1.39. The van der Waals surface area contributed by atoms with E-state index in [1.165, 1.54) is 13.2 Å². The molecule has 0 saturated carbocycles. The van der Waals surface area contributed by atoms with E-state index in [-0.39, 0.29) is 56.7 Å². The number of carbonyl (C=O) groups is 3. The SMILES string of the molecule is C=C1C[C@H](O)CCOCC[C@@H]2C[C@H](CC(=O)OC/C=C/c3ccc4ccccc4c3)O[C@H](/C=C/C(C)(C)[C@]3(O)OC(C/C(=C\C(=O)OC)[C@@H]3OC(=O)CCCCCCC)C[C@H](CO)O1)O2. The molecule has 0 aromatic heterocycles. The fraction of sp³-hybridized carbons (Fsp3) is 0.588. The van der Waals surface area contributed by atoms with Gasteiger partial charge in [-0.1, -0.05) is 102 Å². The Morgan fingerprint density at radius 2 is 1.68 bits per heavy atom. The predicted octanol–water partition coefficient (Wildman–Crippen LogP) is 7.56. The van der Waals surface area contributed by atoms with Gasteiger partial charge in [0, 0.05) is 50.4 Å². The van der Waals surface area contributed by atoms with Crippen LogP contribution < -0.4 is 0 Å². The van der Waals surface area contributed by atoms with Gasteiger partial charge in [-0.3, -0.25) is 9.59 Å². The Kier molecular flexibility index (Phi) is 20.2. The third-order valence-electron chi connectivity index (χ3n) is 12.0. The minimum absolute atomic E-state index is 0.0193. The molecular weight excluding hydrogens is 837 g/mol. The van der Waals surface area contributed by atoms with Crippen molar-refractivity contribution in [3.8, 4) is 0 Å². The summed E-state index contributed by atoms with van der Waals surface area (Å²) in [5, 5.41) is 36.3. The molecule has 4 bridgehead atoms. The van der Waals surface area contributed by atoms with Crippen LogP contribution in [0.5, 0.6) is 0 Å². The van der Waals surface area contributed by atoms with Gasteiger partial charge in [0.2, 0.25) is 5.79 Å². The highest BCUT2D eigenvalue weighted by atomic mass is 16.7. The zero-order valence-electron chi connectivity index (χ0n) is 38.5. The minimum atomic E-state index is -2.30. The zero-order chi connectivity index (χ0) is 46.8. The van der Waals surface area contributed by atoms with Gasteiger partial charge < -0.3 is 53.2 Å². The highest BCUT2D eigenvalue weighted by Crippen LogP contribution is 2.47. The molecule has 5 rings (SSSR count). The van der Waals surface area contributed by atoms with Gasteiger partial charge in [0.25, 0.3) is 0 Å². The molecule has 2 fully saturated rings. The highest BCUT2D eigenvalue weighted by Gasteiger charge is 2.57.